The van der Waals surface area contributed by atoms with Gasteiger partial charge in [-0.1, -0.05) is 24.3 Å². The standard InChI is InChI=1S/C10H15N/c1-8-6-9-4-2-3-5-10(9)7-11-8/h2-5,8-11H,6-7H2,1H3. The van der Waals surface area contributed by atoms with Crippen molar-refractivity contribution in [3.63, 3.8) is 0 Å². The van der Waals surface area contributed by atoms with Crippen molar-refractivity contribution in [3.05, 3.63) is 24.3 Å². The fraction of sp³-hybridized carbons (Fsp3) is 0.600. The number of hydrogen-bond donors (Lipinski definition) is 1. The number of piperidine rings is 1. The smallest absolute Gasteiger partial charge is 0.00448 e. The molecule has 0 aromatic carbocycles. The van der Waals surface area contributed by atoms with Gasteiger partial charge in [0, 0.05) is 12.6 Å². The molecule has 0 aromatic rings. The number of allylic oxidation sites excluding steroid dienone is 3. The molecule has 1 heterocycles. The lowest BCUT2D eigenvalue weighted by atomic mass is 9.81. The van der Waals surface area contributed by atoms with Crippen molar-refractivity contribution in [1.82, 2.24) is 5.32 Å². The van der Waals surface area contributed by atoms with E-state index < -0.39 is 0 Å². The summed E-state index contributed by atoms with van der Waals surface area (Å²) in [6.45, 7) is 3.43. The maximum atomic E-state index is 3.50. The lowest BCUT2D eigenvalue weighted by molar-refractivity contribution is 0.298. The highest BCUT2D eigenvalue weighted by molar-refractivity contribution is 5.16. The van der Waals surface area contributed by atoms with Crippen LogP contribution in [0.1, 0.15) is 13.3 Å². The normalized spacial score (nSPS) is 42.1. The van der Waals surface area contributed by atoms with Crippen LogP contribution in [-0.2, 0) is 0 Å². The molecule has 3 unspecified atom stereocenters. The second kappa shape index (κ2) is 2.82. The predicted molar refractivity (Wildman–Crippen MR) is 47.3 cm³/mol. The van der Waals surface area contributed by atoms with Crippen LogP contribution in [0.15, 0.2) is 24.3 Å². The summed E-state index contributed by atoms with van der Waals surface area (Å²) in [7, 11) is 0. The van der Waals surface area contributed by atoms with Crippen LogP contribution >= 0.6 is 0 Å². The largest absolute Gasteiger partial charge is 0.314 e. The number of fused-ring (bicyclic) bond motifs is 1. The summed E-state index contributed by atoms with van der Waals surface area (Å²) in [4.78, 5) is 0. The summed E-state index contributed by atoms with van der Waals surface area (Å²) < 4.78 is 0. The predicted octanol–water partition coefficient (Wildman–Crippen LogP) is 1.73. The Bertz CT molecular complexity index is 193. The van der Waals surface area contributed by atoms with E-state index in [1.807, 2.05) is 0 Å². The summed E-state index contributed by atoms with van der Waals surface area (Å²) in [6, 6.07) is 0.701. The molecule has 1 aliphatic heterocycles. The summed E-state index contributed by atoms with van der Waals surface area (Å²) in [5.74, 6) is 1.56. The monoisotopic (exact) mass is 149 g/mol. The molecule has 11 heavy (non-hydrogen) atoms. The molecule has 1 heteroatoms. The highest BCUT2D eigenvalue weighted by Crippen LogP contribution is 2.26. The Morgan fingerprint density at radius 1 is 1.18 bits per heavy atom. The third-order valence-corrected chi connectivity index (χ3v) is 2.71. The molecule has 0 bridgehead atoms. The lowest BCUT2D eigenvalue weighted by Crippen LogP contribution is -2.41. The zero-order valence-electron chi connectivity index (χ0n) is 6.96. The first kappa shape index (κ1) is 7.11. The van der Waals surface area contributed by atoms with Crippen molar-refractivity contribution in [2.24, 2.45) is 11.8 Å². The van der Waals surface area contributed by atoms with E-state index >= 15 is 0 Å². The molecule has 0 spiro atoms. The zero-order valence-corrected chi connectivity index (χ0v) is 6.96. The van der Waals surface area contributed by atoms with Crippen molar-refractivity contribution in [2.45, 2.75) is 19.4 Å². The van der Waals surface area contributed by atoms with Gasteiger partial charge in [0.15, 0.2) is 0 Å². The van der Waals surface area contributed by atoms with E-state index in [4.69, 9.17) is 0 Å². The van der Waals surface area contributed by atoms with Gasteiger partial charge < -0.3 is 5.32 Å². The average molecular weight is 149 g/mol. The fourth-order valence-corrected chi connectivity index (χ4v) is 2.00. The van der Waals surface area contributed by atoms with E-state index in [1.54, 1.807) is 0 Å². The Kier molecular flexibility index (Phi) is 1.82. The van der Waals surface area contributed by atoms with Gasteiger partial charge in [-0.2, -0.15) is 0 Å². The fourth-order valence-electron chi connectivity index (χ4n) is 2.00. The molecule has 0 amide bonds. The minimum absolute atomic E-state index is 0.701. The molecule has 1 aliphatic carbocycles. The Hall–Kier alpha value is -0.560. The average Bonchev–Trinajstić information content (AvgIpc) is 2.04. The second-order valence-corrected chi connectivity index (χ2v) is 3.64. The van der Waals surface area contributed by atoms with Crippen molar-refractivity contribution in [2.75, 3.05) is 6.54 Å². The SMILES string of the molecule is CC1CC2C=CC=CC2CN1. The maximum Gasteiger partial charge on any atom is 0.00448 e. The topological polar surface area (TPSA) is 12.0 Å². The highest BCUT2D eigenvalue weighted by Gasteiger charge is 2.25. The quantitative estimate of drug-likeness (QED) is 0.553. The van der Waals surface area contributed by atoms with Crippen LogP contribution in [-0.4, -0.2) is 12.6 Å². The van der Waals surface area contributed by atoms with Crippen molar-refractivity contribution < 1.29 is 0 Å². The molecule has 0 saturated carbocycles. The zero-order chi connectivity index (χ0) is 7.68. The Labute approximate surface area is 68.2 Å². The first-order valence-electron chi connectivity index (χ1n) is 4.44. The molecule has 60 valence electrons. The van der Waals surface area contributed by atoms with Crippen LogP contribution in [0.3, 0.4) is 0 Å². The number of nitrogens with one attached hydrogen (secondary N) is 1. The molecule has 1 nitrogen and oxygen atoms in total. The minimum atomic E-state index is 0.701. The van der Waals surface area contributed by atoms with Gasteiger partial charge in [-0.3, -0.25) is 0 Å². The van der Waals surface area contributed by atoms with Gasteiger partial charge in [0.1, 0.15) is 0 Å². The van der Waals surface area contributed by atoms with Gasteiger partial charge in [0.2, 0.25) is 0 Å². The van der Waals surface area contributed by atoms with Gasteiger partial charge in [-0.25, -0.2) is 0 Å². The Balaban J connectivity index is 2.07. The number of hydrogen-bond acceptors (Lipinski definition) is 1. The van der Waals surface area contributed by atoms with Crippen LogP contribution in [0.4, 0.5) is 0 Å². The van der Waals surface area contributed by atoms with Gasteiger partial charge >= 0.3 is 0 Å². The van der Waals surface area contributed by atoms with Crippen molar-refractivity contribution in [1.29, 1.82) is 0 Å². The molecule has 1 saturated heterocycles. The van der Waals surface area contributed by atoms with Crippen LogP contribution in [0.5, 0.6) is 0 Å². The molecule has 0 radical (unpaired) electrons. The maximum absolute atomic E-state index is 3.50. The lowest BCUT2D eigenvalue weighted by Gasteiger charge is -2.33. The van der Waals surface area contributed by atoms with Gasteiger partial charge in [-0.15, -0.1) is 0 Å². The molecule has 1 N–H and O–H groups in total. The first-order chi connectivity index (χ1) is 5.36. The molecule has 1 fully saturated rings. The summed E-state index contributed by atoms with van der Waals surface area (Å²) in [5, 5.41) is 3.50. The summed E-state index contributed by atoms with van der Waals surface area (Å²) in [6.07, 6.45) is 10.3. The van der Waals surface area contributed by atoms with E-state index in [0.717, 1.165) is 18.4 Å². The summed E-state index contributed by atoms with van der Waals surface area (Å²) >= 11 is 0. The van der Waals surface area contributed by atoms with Gasteiger partial charge in [0.25, 0.3) is 0 Å². The summed E-state index contributed by atoms with van der Waals surface area (Å²) in [5.41, 5.74) is 0. The molecular weight excluding hydrogens is 134 g/mol. The van der Waals surface area contributed by atoms with Crippen LogP contribution in [0, 0.1) is 11.8 Å². The van der Waals surface area contributed by atoms with Crippen molar-refractivity contribution >= 4 is 0 Å². The van der Waals surface area contributed by atoms with E-state index in [-0.39, 0.29) is 0 Å². The molecule has 2 rings (SSSR count). The number of rotatable bonds is 0. The Morgan fingerprint density at radius 2 is 1.91 bits per heavy atom. The molecule has 0 aromatic heterocycles. The Morgan fingerprint density at radius 3 is 2.73 bits per heavy atom. The van der Waals surface area contributed by atoms with E-state index in [9.17, 15) is 0 Å². The van der Waals surface area contributed by atoms with E-state index in [1.165, 1.54) is 6.42 Å². The molecular formula is C10H15N. The molecule has 3 atom stereocenters. The third kappa shape index (κ3) is 1.38. The van der Waals surface area contributed by atoms with E-state index in [0.29, 0.717) is 6.04 Å². The third-order valence-electron chi connectivity index (χ3n) is 2.71. The minimum Gasteiger partial charge on any atom is -0.314 e. The van der Waals surface area contributed by atoms with Crippen LogP contribution in [0.25, 0.3) is 0 Å². The highest BCUT2D eigenvalue weighted by atomic mass is 14.9. The van der Waals surface area contributed by atoms with E-state index in [2.05, 4.69) is 36.5 Å². The first-order valence-corrected chi connectivity index (χ1v) is 4.44. The van der Waals surface area contributed by atoms with Gasteiger partial charge in [0.05, 0.1) is 0 Å². The van der Waals surface area contributed by atoms with Crippen molar-refractivity contribution in [3.8, 4) is 0 Å². The second-order valence-electron chi connectivity index (χ2n) is 3.64. The van der Waals surface area contributed by atoms with Crippen LogP contribution in [0.2, 0.25) is 0 Å². The van der Waals surface area contributed by atoms with Crippen LogP contribution < -0.4 is 5.32 Å². The van der Waals surface area contributed by atoms with Gasteiger partial charge in [-0.05, 0) is 25.2 Å². The molecule has 2 aliphatic rings.